The van der Waals surface area contributed by atoms with E-state index in [1.807, 2.05) is 0 Å². The molecule has 1 atom stereocenters. The molecule has 0 saturated heterocycles. The second kappa shape index (κ2) is 5.30. The minimum Gasteiger partial charge on any atom is -0.262 e. The fourth-order valence-corrected chi connectivity index (χ4v) is 4.07. The molecule has 2 heterocycles. The minimum atomic E-state index is -0.0304. The zero-order chi connectivity index (χ0) is 16.9. The molecule has 0 N–H and O–H groups in total. The molecule has 122 valence electrons. The predicted octanol–water partition coefficient (Wildman–Crippen LogP) is 4.13. The summed E-state index contributed by atoms with van der Waals surface area (Å²) in [6.45, 7) is 6.79. The first-order valence-electron chi connectivity index (χ1n) is 8.62. The first-order chi connectivity index (χ1) is 11.5. The first-order valence-corrected chi connectivity index (χ1v) is 8.62. The minimum absolute atomic E-state index is 0.0304. The zero-order valence-electron chi connectivity index (χ0n) is 14.8. The summed E-state index contributed by atoms with van der Waals surface area (Å²) < 4.78 is 2.27. The van der Waals surface area contributed by atoms with Crippen molar-refractivity contribution in [1.82, 2.24) is 0 Å². The van der Waals surface area contributed by atoms with Crippen LogP contribution in [0.15, 0.2) is 53.6 Å². The van der Waals surface area contributed by atoms with Crippen LogP contribution in [0.25, 0.3) is 0 Å². The molecule has 0 amide bonds. The summed E-state index contributed by atoms with van der Waals surface area (Å²) in [5, 5.41) is 7.05. The van der Waals surface area contributed by atoms with Gasteiger partial charge in [0, 0.05) is 11.6 Å². The van der Waals surface area contributed by atoms with Crippen molar-refractivity contribution < 1.29 is 4.58 Å². The maximum Gasteiger partial charge on any atom is 0.212 e. The Hall–Kier alpha value is -2.42. The number of hydrazone groups is 1. The predicted molar refractivity (Wildman–Crippen MR) is 101 cm³/mol. The molecule has 0 fully saturated rings. The normalized spacial score (nSPS) is 21.5. The van der Waals surface area contributed by atoms with Crippen molar-refractivity contribution in [2.24, 2.45) is 5.10 Å². The smallest absolute Gasteiger partial charge is 0.212 e. The molecular formula is C21H24N3+. The third-order valence-electron chi connectivity index (χ3n) is 5.42. The van der Waals surface area contributed by atoms with Crippen LogP contribution in [0.2, 0.25) is 0 Å². The van der Waals surface area contributed by atoms with Crippen molar-refractivity contribution in [1.29, 1.82) is 0 Å². The molecule has 2 aromatic rings. The number of anilines is 1. The number of para-hydroxylation sites is 2. The molecule has 0 radical (unpaired) electrons. The molecule has 2 aliphatic heterocycles. The molecule has 2 aliphatic rings. The second-order valence-corrected chi connectivity index (χ2v) is 7.36. The number of nitrogens with zero attached hydrogens (tertiary/aromatic N) is 3. The Bertz CT molecular complexity index is 861. The standard InChI is InChI=1S/C21H24N3/c1-15-13-16-9-5-7-11-18(16)24(15)22-14-20-21(2,3)17-10-6-8-12-19(17)23(20)4/h5-12,14-15H,13H2,1-4H3/q+1. The van der Waals surface area contributed by atoms with Gasteiger partial charge in [-0.15, -0.1) is 0 Å². The molecule has 3 heteroatoms. The highest BCUT2D eigenvalue weighted by Gasteiger charge is 2.43. The number of fused-ring (bicyclic) bond motifs is 2. The van der Waals surface area contributed by atoms with Crippen LogP contribution in [0.3, 0.4) is 0 Å². The fraction of sp³-hybridized carbons (Fsp3) is 0.333. The Morgan fingerprint density at radius 2 is 1.83 bits per heavy atom. The van der Waals surface area contributed by atoms with Crippen LogP contribution in [-0.4, -0.2) is 29.6 Å². The molecule has 0 aliphatic carbocycles. The Balaban J connectivity index is 1.72. The maximum atomic E-state index is 4.89. The molecule has 24 heavy (non-hydrogen) atoms. The lowest BCUT2D eigenvalue weighted by Crippen LogP contribution is -2.32. The van der Waals surface area contributed by atoms with Gasteiger partial charge >= 0.3 is 0 Å². The van der Waals surface area contributed by atoms with E-state index in [1.54, 1.807) is 0 Å². The molecule has 3 nitrogen and oxygen atoms in total. The van der Waals surface area contributed by atoms with Crippen LogP contribution in [0, 0.1) is 0 Å². The summed E-state index contributed by atoms with van der Waals surface area (Å²) in [6.07, 6.45) is 3.11. The SMILES string of the molecule is CC1Cc2ccccc2N1/N=C/C1=[N+](C)c2ccccc2C1(C)C. The van der Waals surface area contributed by atoms with Crippen LogP contribution in [0.5, 0.6) is 0 Å². The lowest BCUT2D eigenvalue weighted by atomic mass is 9.82. The van der Waals surface area contributed by atoms with Crippen molar-refractivity contribution in [3.63, 3.8) is 0 Å². The number of hydrogen-bond acceptors (Lipinski definition) is 2. The molecule has 0 aromatic heterocycles. The zero-order valence-corrected chi connectivity index (χ0v) is 14.8. The lowest BCUT2D eigenvalue weighted by Gasteiger charge is -2.19. The van der Waals surface area contributed by atoms with Gasteiger partial charge in [-0.05, 0) is 38.8 Å². The average Bonchev–Trinajstić information content (AvgIpc) is 2.99. The summed E-state index contributed by atoms with van der Waals surface area (Å²) >= 11 is 0. The highest BCUT2D eigenvalue weighted by atomic mass is 15.5. The van der Waals surface area contributed by atoms with E-state index in [2.05, 4.69) is 92.1 Å². The van der Waals surface area contributed by atoms with E-state index in [0.29, 0.717) is 6.04 Å². The molecule has 0 spiro atoms. The van der Waals surface area contributed by atoms with E-state index in [0.717, 1.165) is 6.42 Å². The summed E-state index contributed by atoms with van der Waals surface area (Å²) in [7, 11) is 2.14. The van der Waals surface area contributed by atoms with Crippen LogP contribution >= 0.6 is 0 Å². The van der Waals surface area contributed by atoms with E-state index >= 15 is 0 Å². The van der Waals surface area contributed by atoms with Crippen molar-refractivity contribution in [3.8, 4) is 0 Å². The van der Waals surface area contributed by atoms with E-state index in [9.17, 15) is 0 Å². The number of hydrogen-bond donors (Lipinski definition) is 0. The second-order valence-electron chi connectivity index (χ2n) is 7.36. The van der Waals surface area contributed by atoms with Crippen molar-refractivity contribution in [2.75, 3.05) is 12.1 Å². The van der Waals surface area contributed by atoms with Gasteiger partial charge in [0.1, 0.15) is 13.3 Å². The highest BCUT2D eigenvalue weighted by Crippen LogP contribution is 2.38. The third kappa shape index (κ3) is 2.11. The highest BCUT2D eigenvalue weighted by molar-refractivity contribution is 6.33. The van der Waals surface area contributed by atoms with Crippen LogP contribution in [0.1, 0.15) is 31.9 Å². The number of benzene rings is 2. The fourth-order valence-electron chi connectivity index (χ4n) is 4.07. The van der Waals surface area contributed by atoms with E-state index < -0.39 is 0 Å². The largest absolute Gasteiger partial charge is 0.262 e. The van der Waals surface area contributed by atoms with Crippen LogP contribution < -0.4 is 5.01 Å². The van der Waals surface area contributed by atoms with Gasteiger partial charge in [-0.2, -0.15) is 9.68 Å². The maximum absolute atomic E-state index is 4.89. The molecule has 2 aromatic carbocycles. The van der Waals surface area contributed by atoms with Crippen molar-refractivity contribution >= 4 is 23.3 Å². The van der Waals surface area contributed by atoms with Gasteiger partial charge in [-0.1, -0.05) is 36.4 Å². The average molecular weight is 318 g/mol. The molecule has 1 unspecified atom stereocenters. The van der Waals surface area contributed by atoms with E-state index in [4.69, 9.17) is 5.10 Å². The van der Waals surface area contributed by atoms with Crippen molar-refractivity contribution in [2.45, 2.75) is 38.6 Å². The Kier molecular flexibility index (Phi) is 3.34. The van der Waals surface area contributed by atoms with Crippen molar-refractivity contribution in [3.05, 3.63) is 59.7 Å². The molecule has 0 bridgehead atoms. The summed E-state index contributed by atoms with van der Waals surface area (Å²) in [6, 6.07) is 17.6. The van der Waals surface area contributed by atoms with Gasteiger partial charge in [-0.25, -0.2) is 0 Å². The van der Waals surface area contributed by atoms with Gasteiger partial charge in [0.2, 0.25) is 11.4 Å². The van der Waals surface area contributed by atoms with Gasteiger partial charge in [0.25, 0.3) is 0 Å². The van der Waals surface area contributed by atoms with E-state index in [1.165, 1.54) is 28.2 Å². The van der Waals surface area contributed by atoms with Gasteiger partial charge in [-0.3, -0.25) is 5.01 Å². The van der Waals surface area contributed by atoms with Gasteiger partial charge < -0.3 is 0 Å². The first kappa shape index (κ1) is 15.1. The quantitative estimate of drug-likeness (QED) is 0.601. The molecule has 4 rings (SSSR count). The lowest BCUT2D eigenvalue weighted by molar-refractivity contribution is -0.400. The molecular weight excluding hydrogens is 294 g/mol. The summed E-state index contributed by atoms with van der Waals surface area (Å²) in [5.41, 5.74) is 6.47. The number of rotatable bonds is 2. The molecule has 0 saturated carbocycles. The Labute approximate surface area is 143 Å². The van der Waals surface area contributed by atoms with Crippen LogP contribution in [-0.2, 0) is 11.8 Å². The van der Waals surface area contributed by atoms with Crippen LogP contribution in [0.4, 0.5) is 11.4 Å². The Morgan fingerprint density at radius 1 is 1.12 bits per heavy atom. The summed E-state index contributed by atoms with van der Waals surface area (Å²) in [5.74, 6) is 0. The van der Waals surface area contributed by atoms with Gasteiger partial charge in [0.15, 0.2) is 0 Å². The monoisotopic (exact) mass is 318 g/mol. The third-order valence-corrected chi connectivity index (χ3v) is 5.42. The van der Waals surface area contributed by atoms with Gasteiger partial charge in [0.05, 0.1) is 17.1 Å². The van der Waals surface area contributed by atoms with E-state index in [-0.39, 0.29) is 5.41 Å². The summed E-state index contributed by atoms with van der Waals surface area (Å²) in [4.78, 5) is 0. The topological polar surface area (TPSA) is 18.6 Å². The Morgan fingerprint density at radius 3 is 2.62 bits per heavy atom.